The second kappa shape index (κ2) is 8.51. The Morgan fingerprint density at radius 1 is 0.800 bits per heavy atom. The predicted octanol–water partition coefficient (Wildman–Crippen LogP) is 1.70. The summed E-state index contributed by atoms with van der Waals surface area (Å²) in [4.78, 5) is 21.7. The van der Waals surface area contributed by atoms with Crippen LogP contribution in [0.5, 0.6) is 0 Å². The van der Waals surface area contributed by atoms with Gasteiger partial charge in [-0.2, -0.15) is 25.3 Å². The van der Waals surface area contributed by atoms with E-state index < -0.39 is 9.74 Å². The van der Waals surface area contributed by atoms with Gasteiger partial charge >= 0.3 is 12.1 Å². The molecule has 0 aromatic heterocycles. The maximum Gasteiger partial charge on any atom is 0.315 e. The van der Waals surface area contributed by atoms with Crippen molar-refractivity contribution in [3.8, 4) is 0 Å². The van der Waals surface area contributed by atoms with Crippen molar-refractivity contribution in [2.75, 3.05) is 13.1 Å². The Bertz CT molecular complexity index is 292. The SMILES string of the molecule is CC(C)(S)NC(=O)NCCCCNC(=O)NC(C)(C)S. The van der Waals surface area contributed by atoms with Gasteiger partial charge in [0, 0.05) is 13.1 Å². The first-order valence-corrected chi connectivity index (χ1v) is 7.46. The van der Waals surface area contributed by atoms with Gasteiger partial charge in [0.15, 0.2) is 0 Å². The molecule has 20 heavy (non-hydrogen) atoms. The van der Waals surface area contributed by atoms with E-state index in [1.165, 1.54) is 0 Å². The van der Waals surface area contributed by atoms with Crippen LogP contribution in [0.2, 0.25) is 0 Å². The molecule has 0 spiro atoms. The van der Waals surface area contributed by atoms with Crippen LogP contribution in [-0.4, -0.2) is 34.9 Å². The summed E-state index contributed by atoms with van der Waals surface area (Å²) in [6.07, 6.45) is 1.57. The minimum absolute atomic E-state index is 0.243. The topological polar surface area (TPSA) is 82.3 Å². The third-order valence-electron chi connectivity index (χ3n) is 2.01. The molecule has 0 rings (SSSR count). The Morgan fingerprint density at radius 3 is 1.35 bits per heavy atom. The summed E-state index contributed by atoms with van der Waals surface area (Å²) in [7, 11) is 0. The number of amides is 4. The number of carbonyl (C=O) groups is 2. The molecular weight excluding hydrogens is 296 g/mol. The standard InChI is InChI=1S/C12H26N4O2S2/c1-11(2,19)15-9(17)13-7-5-6-8-14-10(18)16-12(3,4)20/h19-20H,5-8H2,1-4H3,(H2,13,15,17)(H2,14,16,18). The molecule has 4 amide bonds. The summed E-state index contributed by atoms with van der Waals surface area (Å²) in [5.74, 6) is 0. The van der Waals surface area contributed by atoms with Crippen molar-refractivity contribution in [3.63, 3.8) is 0 Å². The van der Waals surface area contributed by atoms with Crippen LogP contribution < -0.4 is 21.3 Å². The Morgan fingerprint density at radius 2 is 1.10 bits per heavy atom. The van der Waals surface area contributed by atoms with E-state index in [1.807, 2.05) is 0 Å². The maximum absolute atomic E-state index is 11.4. The van der Waals surface area contributed by atoms with E-state index in [4.69, 9.17) is 0 Å². The summed E-state index contributed by atoms with van der Waals surface area (Å²) in [5.41, 5.74) is 0. The van der Waals surface area contributed by atoms with Gasteiger partial charge in [0.25, 0.3) is 0 Å². The molecule has 0 aromatic rings. The quantitative estimate of drug-likeness (QED) is 0.245. The first-order valence-electron chi connectivity index (χ1n) is 6.56. The largest absolute Gasteiger partial charge is 0.338 e. The minimum Gasteiger partial charge on any atom is -0.338 e. The fourth-order valence-electron chi connectivity index (χ4n) is 1.30. The lowest BCUT2D eigenvalue weighted by Gasteiger charge is -2.20. The molecule has 0 aliphatic heterocycles. The lowest BCUT2D eigenvalue weighted by Crippen LogP contribution is -2.46. The second-order valence-electron chi connectivity index (χ2n) is 5.59. The number of thiol groups is 2. The monoisotopic (exact) mass is 322 g/mol. The first kappa shape index (κ1) is 19.2. The van der Waals surface area contributed by atoms with Gasteiger partial charge in [0.1, 0.15) is 0 Å². The van der Waals surface area contributed by atoms with Crippen molar-refractivity contribution in [1.82, 2.24) is 21.3 Å². The van der Waals surface area contributed by atoms with Crippen LogP contribution in [0, 0.1) is 0 Å². The zero-order chi connectivity index (χ0) is 15.8. The molecule has 118 valence electrons. The summed E-state index contributed by atoms with van der Waals surface area (Å²) in [6.45, 7) is 8.28. The van der Waals surface area contributed by atoms with Gasteiger partial charge in [-0.25, -0.2) is 9.59 Å². The normalized spacial score (nSPS) is 11.7. The highest BCUT2D eigenvalue weighted by molar-refractivity contribution is 7.81. The highest BCUT2D eigenvalue weighted by Gasteiger charge is 2.14. The van der Waals surface area contributed by atoms with Crippen molar-refractivity contribution in [3.05, 3.63) is 0 Å². The number of carbonyl (C=O) groups excluding carboxylic acids is 2. The van der Waals surface area contributed by atoms with E-state index in [0.29, 0.717) is 13.1 Å². The van der Waals surface area contributed by atoms with Gasteiger partial charge in [-0.05, 0) is 40.5 Å². The number of hydrogen-bond donors (Lipinski definition) is 6. The summed E-state index contributed by atoms with van der Waals surface area (Å²) in [6, 6.07) is -0.486. The molecule has 0 atom stereocenters. The summed E-state index contributed by atoms with van der Waals surface area (Å²) < 4.78 is 0. The van der Waals surface area contributed by atoms with Crippen LogP contribution in [0.25, 0.3) is 0 Å². The maximum atomic E-state index is 11.4. The van der Waals surface area contributed by atoms with Crippen molar-refractivity contribution in [1.29, 1.82) is 0 Å². The van der Waals surface area contributed by atoms with Crippen molar-refractivity contribution >= 4 is 37.3 Å². The van der Waals surface area contributed by atoms with E-state index in [-0.39, 0.29) is 12.1 Å². The van der Waals surface area contributed by atoms with Crippen molar-refractivity contribution < 1.29 is 9.59 Å². The Balaban J connectivity index is 3.54. The fraction of sp³-hybridized carbons (Fsp3) is 0.833. The molecule has 6 nitrogen and oxygen atoms in total. The summed E-state index contributed by atoms with van der Waals surface area (Å²) in [5, 5.41) is 10.8. The van der Waals surface area contributed by atoms with Crippen molar-refractivity contribution in [2.45, 2.75) is 50.3 Å². The molecule has 4 N–H and O–H groups in total. The third kappa shape index (κ3) is 13.7. The second-order valence-corrected chi connectivity index (χ2v) is 7.82. The molecule has 0 bridgehead atoms. The molecule has 0 saturated heterocycles. The Hall–Kier alpha value is -0.760. The Kier molecular flexibility index (Phi) is 8.19. The van der Waals surface area contributed by atoms with Crippen LogP contribution in [0.4, 0.5) is 9.59 Å². The number of nitrogens with one attached hydrogen (secondary N) is 4. The molecule has 0 unspecified atom stereocenters. The molecule has 0 aliphatic rings. The van der Waals surface area contributed by atoms with Crippen LogP contribution in [-0.2, 0) is 0 Å². The highest BCUT2D eigenvalue weighted by atomic mass is 32.1. The van der Waals surface area contributed by atoms with Gasteiger partial charge in [-0.1, -0.05) is 0 Å². The van der Waals surface area contributed by atoms with Gasteiger partial charge < -0.3 is 21.3 Å². The smallest absolute Gasteiger partial charge is 0.315 e. The summed E-state index contributed by atoms with van der Waals surface area (Å²) >= 11 is 8.39. The van der Waals surface area contributed by atoms with Gasteiger partial charge in [0.05, 0.1) is 9.74 Å². The average molecular weight is 322 g/mol. The number of unbranched alkanes of at least 4 members (excludes halogenated alkanes) is 1. The van der Waals surface area contributed by atoms with Gasteiger partial charge in [0.2, 0.25) is 0 Å². The molecule has 0 heterocycles. The van der Waals surface area contributed by atoms with Crippen LogP contribution >= 0.6 is 25.3 Å². The number of hydrogen-bond acceptors (Lipinski definition) is 4. The molecule has 0 saturated carbocycles. The number of rotatable bonds is 7. The van der Waals surface area contributed by atoms with Crippen molar-refractivity contribution in [2.24, 2.45) is 0 Å². The third-order valence-corrected chi connectivity index (χ3v) is 2.24. The van der Waals surface area contributed by atoms with Crippen LogP contribution in [0.3, 0.4) is 0 Å². The molecule has 0 radical (unpaired) electrons. The number of urea groups is 2. The van der Waals surface area contributed by atoms with E-state index in [9.17, 15) is 9.59 Å². The van der Waals surface area contributed by atoms with Crippen LogP contribution in [0.15, 0.2) is 0 Å². The molecule has 0 aliphatic carbocycles. The fourth-order valence-corrected chi connectivity index (χ4v) is 1.50. The van der Waals surface area contributed by atoms with Crippen LogP contribution in [0.1, 0.15) is 40.5 Å². The molecule has 0 fully saturated rings. The lowest BCUT2D eigenvalue weighted by molar-refractivity contribution is 0.234. The van der Waals surface area contributed by atoms with E-state index >= 15 is 0 Å². The Labute approximate surface area is 132 Å². The van der Waals surface area contributed by atoms with E-state index in [1.54, 1.807) is 27.7 Å². The van der Waals surface area contributed by atoms with Gasteiger partial charge in [-0.3, -0.25) is 0 Å². The molecule has 8 heteroatoms. The first-order chi connectivity index (χ1) is 8.99. The molecule has 0 aromatic carbocycles. The molecular formula is C12H26N4O2S2. The lowest BCUT2D eigenvalue weighted by atomic mass is 10.3. The zero-order valence-corrected chi connectivity index (χ0v) is 14.3. The van der Waals surface area contributed by atoms with E-state index in [2.05, 4.69) is 46.5 Å². The predicted molar refractivity (Wildman–Crippen MR) is 88.4 cm³/mol. The highest BCUT2D eigenvalue weighted by Crippen LogP contribution is 2.06. The minimum atomic E-state index is -0.538. The zero-order valence-electron chi connectivity index (χ0n) is 12.5. The average Bonchev–Trinajstić information content (AvgIpc) is 2.17. The van der Waals surface area contributed by atoms with Gasteiger partial charge in [-0.15, -0.1) is 0 Å². The van der Waals surface area contributed by atoms with E-state index in [0.717, 1.165) is 12.8 Å².